The zero-order valence-electron chi connectivity index (χ0n) is 30.4. The first-order chi connectivity index (χ1) is 28.3. The predicted octanol–water partition coefficient (Wildman–Crippen LogP) is 13.0. The molecular formula is C51H29N5O. The molecule has 0 unspecified atom stereocenters. The standard InChI is InChI=1S/C51H29N5O/c1-3-15-30(16-4-1)49-52-50(31-17-5-2-6-18-31)54-51(53-49)36-27-28-41(48-44(36)35-22-10-14-26-43(35)57-48)55-39-24-12-8-20-33(39)45-42(55)29-37-32-19-7-11-23-38(32)56-40-25-13-9-21-34(40)46(45)47(37)56/h1-29H. The molecule has 13 aromatic rings. The van der Waals surface area contributed by atoms with Crippen LogP contribution in [0.5, 0.6) is 0 Å². The lowest BCUT2D eigenvalue weighted by Gasteiger charge is -2.12. The summed E-state index contributed by atoms with van der Waals surface area (Å²) in [5.74, 6) is 1.83. The molecular weight excluding hydrogens is 699 g/mol. The number of hydrogen-bond donors (Lipinski definition) is 0. The largest absolute Gasteiger partial charge is 0.454 e. The minimum absolute atomic E-state index is 0.590. The summed E-state index contributed by atoms with van der Waals surface area (Å²) in [6.07, 6.45) is 0. The lowest BCUT2D eigenvalue weighted by Crippen LogP contribution is -2.01. The third-order valence-electron chi connectivity index (χ3n) is 11.7. The monoisotopic (exact) mass is 727 g/mol. The van der Waals surface area contributed by atoms with Crippen LogP contribution in [0, 0.1) is 0 Å². The molecule has 0 saturated carbocycles. The normalized spacial score (nSPS) is 12.2. The van der Waals surface area contributed by atoms with E-state index in [1.165, 1.54) is 48.9 Å². The molecule has 13 rings (SSSR count). The van der Waals surface area contributed by atoms with E-state index < -0.39 is 0 Å². The Balaban J connectivity index is 1.16. The zero-order chi connectivity index (χ0) is 37.2. The summed E-state index contributed by atoms with van der Waals surface area (Å²) in [7, 11) is 0. The van der Waals surface area contributed by atoms with E-state index in [2.05, 4.69) is 112 Å². The molecule has 0 amide bonds. The van der Waals surface area contributed by atoms with Gasteiger partial charge in [-0.15, -0.1) is 0 Å². The van der Waals surface area contributed by atoms with Crippen LogP contribution in [0.3, 0.4) is 0 Å². The number of rotatable bonds is 4. The van der Waals surface area contributed by atoms with Gasteiger partial charge in [0.2, 0.25) is 0 Å². The molecule has 0 aliphatic rings. The molecule has 0 radical (unpaired) electrons. The van der Waals surface area contributed by atoms with E-state index in [0.717, 1.165) is 55.3 Å². The van der Waals surface area contributed by atoms with Crippen LogP contribution in [-0.4, -0.2) is 23.9 Å². The summed E-state index contributed by atoms with van der Waals surface area (Å²) in [4.78, 5) is 15.3. The van der Waals surface area contributed by atoms with Gasteiger partial charge in [-0.3, -0.25) is 0 Å². The van der Waals surface area contributed by atoms with Crippen molar-refractivity contribution in [3.05, 3.63) is 176 Å². The van der Waals surface area contributed by atoms with E-state index in [-0.39, 0.29) is 0 Å². The first kappa shape index (κ1) is 30.5. The molecule has 0 aliphatic carbocycles. The molecule has 0 atom stereocenters. The van der Waals surface area contributed by atoms with Gasteiger partial charge in [0.1, 0.15) is 5.58 Å². The van der Waals surface area contributed by atoms with E-state index in [0.29, 0.717) is 17.5 Å². The predicted molar refractivity (Wildman–Crippen MR) is 232 cm³/mol. The number of aromatic nitrogens is 5. The van der Waals surface area contributed by atoms with Crippen LogP contribution in [0.25, 0.3) is 122 Å². The SMILES string of the molecule is c1ccc(-c2nc(-c3ccccc3)nc(-c3ccc(-n4c5ccccc5c5c6c7ccccc7n7c8ccccc8c(cc54)c67)c4oc5ccccc5c34)n2)cc1. The van der Waals surface area contributed by atoms with Crippen LogP contribution in [0.2, 0.25) is 0 Å². The lowest BCUT2D eigenvalue weighted by molar-refractivity contribution is 0.666. The highest BCUT2D eigenvalue weighted by Crippen LogP contribution is 2.48. The maximum Gasteiger partial charge on any atom is 0.164 e. The van der Waals surface area contributed by atoms with Gasteiger partial charge in [-0.2, -0.15) is 0 Å². The average molecular weight is 728 g/mol. The fourth-order valence-electron chi connectivity index (χ4n) is 9.33. The highest BCUT2D eigenvalue weighted by atomic mass is 16.3. The second-order valence-electron chi connectivity index (χ2n) is 14.7. The van der Waals surface area contributed by atoms with Crippen LogP contribution in [0.4, 0.5) is 0 Å². The Bertz CT molecular complexity index is 3690. The highest BCUT2D eigenvalue weighted by molar-refractivity contribution is 6.36. The van der Waals surface area contributed by atoms with Gasteiger partial charge < -0.3 is 13.4 Å². The van der Waals surface area contributed by atoms with Crippen molar-refractivity contribution in [1.82, 2.24) is 23.9 Å². The summed E-state index contributed by atoms with van der Waals surface area (Å²) < 4.78 is 11.8. The molecule has 5 aromatic heterocycles. The average Bonchev–Trinajstić information content (AvgIpc) is 4.02. The highest BCUT2D eigenvalue weighted by Gasteiger charge is 2.26. The fraction of sp³-hybridized carbons (Fsp3) is 0. The third kappa shape index (κ3) is 4.16. The molecule has 6 nitrogen and oxygen atoms in total. The van der Waals surface area contributed by atoms with Gasteiger partial charge in [-0.25, -0.2) is 15.0 Å². The summed E-state index contributed by atoms with van der Waals surface area (Å²) >= 11 is 0. The van der Waals surface area contributed by atoms with Crippen molar-refractivity contribution < 1.29 is 4.42 Å². The van der Waals surface area contributed by atoms with Gasteiger partial charge in [0, 0.05) is 59.8 Å². The summed E-state index contributed by atoms with van der Waals surface area (Å²) in [6.45, 7) is 0. The molecule has 0 spiro atoms. The first-order valence-electron chi connectivity index (χ1n) is 19.2. The minimum atomic E-state index is 0.590. The van der Waals surface area contributed by atoms with Gasteiger partial charge in [0.15, 0.2) is 23.1 Å². The second-order valence-corrected chi connectivity index (χ2v) is 14.7. The minimum Gasteiger partial charge on any atom is -0.454 e. The van der Waals surface area contributed by atoms with Gasteiger partial charge in [0.05, 0.1) is 33.3 Å². The smallest absolute Gasteiger partial charge is 0.164 e. The molecule has 57 heavy (non-hydrogen) atoms. The zero-order valence-corrected chi connectivity index (χ0v) is 30.4. The Kier molecular flexibility index (Phi) is 6.07. The maximum absolute atomic E-state index is 6.97. The molecule has 6 heteroatoms. The number of furan rings is 1. The van der Waals surface area contributed by atoms with Gasteiger partial charge in [-0.1, -0.05) is 133 Å². The van der Waals surface area contributed by atoms with E-state index in [1.54, 1.807) is 0 Å². The topological polar surface area (TPSA) is 61.2 Å². The van der Waals surface area contributed by atoms with E-state index >= 15 is 0 Å². The molecule has 0 bridgehead atoms. The Morgan fingerprint density at radius 3 is 1.63 bits per heavy atom. The molecule has 0 N–H and O–H groups in total. The van der Waals surface area contributed by atoms with Gasteiger partial charge >= 0.3 is 0 Å². The van der Waals surface area contributed by atoms with Crippen LogP contribution in [-0.2, 0) is 0 Å². The van der Waals surface area contributed by atoms with Crippen molar-refractivity contribution in [3.63, 3.8) is 0 Å². The lowest BCUT2D eigenvalue weighted by atomic mass is 10.0. The Hall–Kier alpha value is -7.83. The summed E-state index contributed by atoms with van der Waals surface area (Å²) in [5, 5.41) is 9.40. The summed E-state index contributed by atoms with van der Waals surface area (Å²) in [6, 6.07) is 61.6. The number of hydrogen-bond acceptors (Lipinski definition) is 4. The van der Waals surface area contributed by atoms with Crippen molar-refractivity contribution in [2.24, 2.45) is 0 Å². The number of nitrogens with zero attached hydrogens (tertiary/aromatic N) is 5. The Morgan fingerprint density at radius 1 is 0.386 bits per heavy atom. The third-order valence-corrected chi connectivity index (χ3v) is 11.7. The Labute approximate surface area is 324 Å². The Morgan fingerprint density at radius 2 is 0.930 bits per heavy atom. The molecule has 0 aliphatic heterocycles. The molecule has 264 valence electrons. The first-order valence-corrected chi connectivity index (χ1v) is 19.2. The fourth-order valence-corrected chi connectivity index (χ4v) is 9.33. The molecule has 5 heterocycles. The van der Waals surface area contributed by atoms with Crippen LogP contribution in [0.1, 0.15) is 0 Å². The molecule has 8 aromatic carbocycles. The van der Waals surface area contributed by atoms with Crippen LogP contribution in [0.15, 0.2) is 180 Å². The number of fused-ring (bicyclic) bond motifs is 13. The molecule has 0 saturated heterocycles. The van der Waals surface area contributed by atoms with E-state index in [1.807, 2.05) is 72.8 Å². The van der Waals surface area contributed by atoms with E-state index in [9.17, 15) is 0 Å². The maximum atomic E-state index is 6.97. The number of benzene rings is 8. The summed E-state index contributed by atoms with van der Waals surface area (Å²) in [5.41, 5.74) is 11.2. The van der Waals surface area contributed by atoms with Crippen molar-refractivity contribution in [1.29, 1.82) is 0 Å². The quantitative estimate of drug-likeness (QED) is 0.181. The van der Waals surface area contributed by atoms with Crippen molar-refractivity contribution >= 4 is 81.8 Å². The second kappa shape index (κ2) is 11.4. The van der Waals surface area contributed by atoms with Crippen LogP contribution < -0.4 is 0 Å². The van der Waals surface area contributed by atoms with Gasteiger partial charge in [0.25, 0.3) is 0 Å². The van der Waals surface area contributed by atoms with E-state index in [4.69, 9.17) is 19.4 Å². The number of para-hydroxylation sites is 4. The van der Waals surface area contributed by atoms with Gasteiger partial charge in [-0.05, 0) is 42.5 Å². The van der Waals surface area contributed by atoms with Crippen molar-refractivity contribution in [3.8, 4) is 39.9 Å². The molecule has 0 fully saturated rings. The van der Waals surface area contributed by atoms with Crippen LogP contribution >= 0.6 is 0 Å². The van der Waals surface area contributed by atoms with Crippen molar-refractivity contribution in [2.45, 2.75) is 0 Å². The van der Waals surface area contributed by atoms with Crippen molar-refractivity contribution in [2.75, 3.05) is 0 Å².